The number of piperazine rings is 1. The van der Waals surface area contributed by atoms with Crippen molar-refractivity contribution in [3.8, 4) is 0 Å². The van der Waals surface area contributed by atoms with Crippen LogP contribution in [0.4, 0.5) is 0 Å². The summed E-state index contributed by atoms with van der Waals surface area (Å²) < 4.78 is 5.53. The van der Waals surface area contributed by atoms with E-state index < -0.39 is 0 Å². The van der Waals surface area contributed by atoms with E-state index in [2.05, 4.69) is 18.7 Å². The summed E-state index contributed by atoms with van der Waals surface area (Å²) in [6.45, 7) is 11.8. The quantitative estimate of drug-likeness (QED) is 0.610. The molecule has 0 spiro atoms. The maximum Gasteiger partial charge on any atom is 0.219 e. The SMILES string of the molecule is CC(=O)N1CCN(CCCCCCCOC(C)C)CC1. The first-order valence-corrected chi connectivity index (χ1v) is 8.19. The number of hydrogen-bond donors (Lipinski definition) is 0. The molecule has 0 aromatic carbocycles. The van der Waals surface area contributed by atoms with Crippen molar-refractivity contribution in [2.75, 3.05) is 39.3 Å². The average molecular weight is 284 g/mol. The van der Waals surface area contributed by atoms with Gasteiger partial charge in [0.25, 0.3) is 0 Å². The molecule has 1 amide bonds. The Morgan fingerprint density at radius 2 is 1.60 bits per heavy atom. The number of ether oxygens (including phenoxy) is 1. The monoisotopic (exact) mass is 284 g/mol. The van der Waals surface area contributed by atoms with Gasteiger partial charge in [-0.05, 0) is 33.2 Å². The van der Waals surface area contributed by atoms with Gasteiger partial charge in [-0.25, -0.2) is 0 Å². The van der Waals surface area contributed by atoms with Crippen molar-refractivity contribution < 1.29 is 9.53 Å². The minimum absolute atomic E-state index is 0.216. The molecular formula is C16H32N2O2. The van der Waals surface area contributed by atoms with Crippen LogP contribution in [0.25, 0.3) is 0 Å². The van der Waals surface area contributed by atoms with Crippen molar-refractivity contribution in [2.24, 2.45) is 0 Å². The van der Waals surface area contributed by atoms with Gasteiger partial charge in [0, 0.05) is 39.7 Å². The van der Waals surface area contributed by atoms with Gasteiger partial charge in [-0.2, -0.15) is 0 Å². The summed E-state index contributed by atoms with van der Waals surface area (Å²) in [6.07, 6.45) is 6.75. The Morgan fingerprint density at radius 3 is 2.20 bits per heavy atom. The fraction of sp³-hybridized carbons (Fsp3) is 0.938. The van der Waals surface area contributed by atoms with E-state index in [9.17, 15) is 4.79 Å². The highest BCUT2D eigenvalue weighted by Gasteiger charge is 2.17. The molecule has 0 unspecified atom stereocenters. The maximum atomic E-state index is 11.2. The normalized spacial score (nSPS) is 16.9. The Bertz CT molecular complexity index is 261. The van der Waals surface area contributed by atoms with Gasteiger partial charge in [0.2, 0.25) is 5.91 Å². The van der Waals surface area contributed by atoms with Crippen LogP contribution >= 0.6 is 0 Å². The molecule has 0 atom stereocenters. The molecule has 1 heterocycles. The minimum Gasteiger partial charge on any atom is -0.379 e. The van der Waals surface area contributed by atoms with Crippen molar-refractivity contribution >= 4 is 5.91 Å². The van der Waals surface area contributed by atoms with E-state index in [-0.39, 0.29) is 5.91 Å². The van der Waals surface area contributed by atoms with E-state index in [1.807, 2.05) is 4.90 Å². The molecule has 1 aliphatic heterocycles. The molecule has 0 N–H and O–H groups in total. The highest BCUT2D eigenvalue weighted by atomic mass is 16.5. The second-order valence-corrected chi connectivity index (χ2v) is 6.04. The van der Waals surface area contributed by atoms with Crippen molar-refractivity contribution in [3.63, 3.8) is 0 Å². The summed E-state index contributed by atoms with van der Waals surface area (Å²) in [5.41, 5.74) is 0. The molecule has 4 heteroatoms. The van der Waals surface area contributed by atoms with Crippen LogP contribution in [0.2, 0.25) is 0 Å². The first-order valence-electron chi connectivity index (χ1n) is 8.19. The summed E-state index contributed by atoms with van der Waals surface area (Å²) in [6, 6.07) is 0. The van der Waals surface area contributed by atoms with E-state index in [1.54, 1.807) is 6.92 Å². The Kier molecular flexibility index (Phi) is 8.86. The van der Waals surface area contributed by atoms with Crippen LogP contribution in [0.3, 0.4) is 0 Å². The number of carbonyl (C=O) groups is 1. The zero-order valence-electron chi connectivity index (χ0n) is 13.6. The van der Waals surface area contributed by atoms with E-state index >= 15 is 0 Å². The molecule has 0 radical (unpaired) electrons. The molecule has 0 saturated carbocycles. The first kappa shape index (κ1) is 17.4. The van der Waals surface area contributed by atoms with Crippen LogP contribution in [-0.2, 0) is 9.53 Å². The third-order valence-electron chi connectivity index (χ3n) is 3.89. The third-order valence-corrected chi connectivity index (χ3v) is 3.89. The zero-order chi connectivity index (χ0) is 14.8. The summed E-state index contributed by atoms with van der Waals surface area (Å²) in [4.78, 5) is 15.7. The lowest BCUT2D eigenvalue weighted by atomic mass is 10.1. The molecule has 118 valence electrons. The Morgan fingerprint density at radius 1 is 1.00 bits per heavy atom. The fourth-order valence-electron chi connectivity index (χ4n) is 2.57. The summed E-state index contributed by atoms with van der Waals surface area (Å²) >= 11 is 0. The summed E-state index contributed by atoms with van der Waals surface area (Å²) in [5, 5.41) is 0. The first-order chi connectivity index (χ1) is 9.59. The van der Waals surface area contributed by atoms with Gasteiger partial charge in [0.1, 0.15) is 0 Å². The second-order valence-electron chi connectivity index (χ2n) is 6.04. The molecule has 0 aliphatic carbocycles. The van der Waals surface area contributed by atoms with Crippen LogP contribution in [0, 0.1) is 0 Å². The Balaban J connectivity index is 1.89. The van der Waals surface area contributed by atoms with Crippen molar-refractivity contribution in [2.45, 2.75) is 59.0 Å². The largest absolute Gasteiger partial charge is 0.379 e. The molecule has 1 aliphatic rings. The van der Waals surface area contributed by atoms with Gasteiger partial charge < -0.3 is 9.64 Å². The fourth-order valence-corrected chi connectivity index (χ4v) is 2.57. The number of hydrogen-bond acceptors (Lipinski definition) is 3. The lowest BCUT2D eigenvalue weighted by molar-refractivity contribution is -0.130. The molecule has 0 aromatic heterocycles. The smallest absolute Gasteiger partial charge is 0.219 e. The highest BCUT2D eigenvalue weighted by Crippen LogP contribution is 2.07. The molecule has 1 rings (SSSR count). The predicted molar refractivity (Wildman–Crippen MR) is 82.9 cm³/mol. The maximum absolute atomic E-state index is 11.2. The topological polar surface area (TPSA) is 32.8 Å². The molecule has 1 saturated heterocycles. The van der Waals surface area contributed by atoms with Gasteiger partial charge in [-0.3, -0.25) is 9.69 Å². The Hall–Kier alpha value is -0.610. The van der Waals surface area contributed by atoms with Crippen molar-refractivity contribution in [1.29, 1.82) is 0 Å². The summed E-state index contributed by atoms with van der Waals surface area (Å²) in [5.74, 6) is 0.216. The van der Waals surface area contributed by atoms with Crippen LogP contribution < -0.4 is 0 Å². The molecule has 4 nitrogen and oxygen atoms in total. The number of nitrogens with zero attached hydrogens (tertiary/aromatic N) is 2. The van der Waals surface area contributed by atoms with Crippen molar-refractivity contribution in [3.05, 3.63) is 0 Å². The minimum atomic E-state index is 0.216. The molecule has 0 aromatic rings. The van der Waals surface area contributed by atoms with Crippen molar-refractivity contribution in [1.82, 2.24) is 9.80 Å². The summed E-state index contributed by atoms with van der Waals surface area (Å²) in [7, 11) is 0. The van der Waals surface area contributed by atoms with E-state index in [1.165, 1.54) is 38.6 Å². The van der Waals surface area contributed by atoms with Gasteiger partial charge in [-0.15, -0.1) is 0 Å². The van der Waals surface area contributed by atoms with E-state index in [0.717, 1.165) is 32.8 Å². The predicted octanol–water partition coefficient (Wildman–Crippen LogP) is 2.53. The molecule has 0 bridgehead atoms. The van der Waals surface area contributed by atoms with Crippen LogP contribution in [0.5, 0.6) is 0 Å². The van der Waals surface area contributed by atoms with E-state index in [4.69, 9.17) is 4.74 Å². The van der Waals surface area contributed by atoms with Crippen LogP contribution in [-0.4, -0.2) is 61.1 Å². The van der Waals surface area contributed by atoms with Crippen LogP contribution in [0.15, 0.2) is 0 Å². The standard InChI is InChI=1S/C16H32N2O2/c1-15(2)20-14-8-6-4-5-7-9-17-10-12-18(13-11-17)16(3)19/h15H,4-14H2,1-3H3. The second kappa shape index (κ2) is 10.2. The van der Waals surface area contributed by atoms with Gasteiger partial charge in [0.15, 0.2) is 0 Å². The number of unbranched alkanes of at least 4 members (excludes halogenated alkanes) is 4. The lowest BCUT2D eigenvalue weighted by Gasteiger charge is -2.34. The number of amides is 1. The van der Waals surface area contributed by atoms with E-state index in [0.29, 0.717) is 6.10 Å². The third kappa shape index (κ3) is 7.85. The van der Waals surface area contributed by atoms with Gasteiger partial charge in [-0.1, -0.05) is 19.3 Å². The van der Waals surface area contributed by atoms with Gasteiger partial charge in [0.05, 0.1) is 6.10 Å². The zero-order valence-corrected chi connectivity index (χ0v) is 13.6. The molecular weight excluding hydrogens is 252 g/mol. The Labute approximate surface area is 124 Å². The number of carbonyl (C=O) groups excluding carboxylic acids is 1. The van der Waals surface area contributed by atoms with Crippen LogP contribution in [0.1, 0.15) is 52.9 Å². The average Bonchev–Trinajstić information content (AvgIpc) is 2.42. The van der Waals surface area contributed by atoms with Gasteiger partial charge >= 0.3 is 0 Å². The highest BCUT2D eigenvalue weighted by molar-refractivity contribution is 5.73. The lowest BCUT2D eigenvalue weighted by Crippen LogP contribution is -2.48. The molecule has 20 heavy (non-hydrogen) atoms. The number of rotatable bonds is 9. The molecule has 1 fully saturated rings.